The molecule has 2 aromatic carbocycles. The molecule has 3 heterocycles. The van der Waals surface area contributed by atoms with E-state index < -0.39 is 59.5 Å². The molecule has 44 heavy (non-hydrogen) atoms. The number of nitrogens with one attached hydrogen (secondary N) is 3. The van der Waals surface area contributed by atoms with E-state index in [9.17, 15) is 28.7 Å². The van der Waals surface area contributed by atoms with E-state index in [0.29, 0.717) is 39.0 Å². The molecule has 3 aliphatic rings. The summed E-state index contributed by atoms with van der Waals surface area (Å²) in [6.45, 7) is 2.95. The van der Waals surface area contributed by atoms with E-state index in [4.69, 9.17) is 9.47 Å². The fraction of sp³-hybridized carbons (Fsp3) is 0.500. The maximum absolute atomic E-state index is 14.2. The van der Waals surface area contributed by atoms with E-state index in [-0.39, 0.29) is 30.5 Å². The molecule has 2 saturated heterocycles. The van der Waals surface area contributed by atoms with E-state index in [1.807, 2.05) is 6.07 Å². The van der Waals surface area contributed by atoms with Crippen molar-refractivity contribution in [2.75, 3.05) is 32.9 Å². The molecule has 0 bridgehead atoms. The molecule has 0 saturated carbocycles. The molecule has 4 N–H and O–H groups in total. The van der Waals surface area contributed by atoms with E-state index in [2.05, 4.69) is 16.0 Å². The van der Waals surface area contributed by atoms with Gasteiger partial charge in [-0.3, -0.25) is 19.2 Å². The number of halogens is 1. The van der Waals surface area contributed by atoms with Crippen molar-refractivity contribution >= 4 is 23.6 Å². The fourth-order valence-electron chi connectivity index (χ4n) is 6.22. The van der Waals surface area contributed by atoms with Gasteiger partial charge in [-0.05, 0) is 62.4 Å². The SMILES string of the molecule is C[C@@H](O)[C@@H]1NC(=O)C[C@@H](C(=O)NCC2(c3cccc(F)c3)CCOCC2)NC(=O)c2ccccc2OC[C@H]2CCCN2C1=O. The van der Waals surface area contributed by atoms with Gasteiger partial charge < -0.3 is 35.4 Å². The Kier molecular flexibility index (Phi) is 9.80. The molecule has 0 radical (unpaired) electrons. The van der Waals surface area contributed by atoms with Crippen LogP contribution in [0.1, 0.15) is 54.9 Å². The number of fused-ring (bicyclic) bond motifs is 2. The highest BCUT2D eigenvalue weighted by atomic mass is 19.1. The van der Waals surface area contributed by atoms with Gasteiger partial charge in [0.1, 0.15) is 30.3 Å². The largest absolute Gasteiger partial charge is 0.491 e. The summed E-state index contributed by atoms with van der Waals surface area (Å²) in [5, 5.41) is 18.6. The first-order valence-electron chi connectivity index (χ1n) is 15.1. The van der Waals surface area contributed by atoms with Crippen LogP contribution in [-0.4, -0.2) is 90.8 Å². The number of para-hydroxylation sites is 1. The van der Waals surface area contributed by atoms with E-state index in [1.165, 1.54) is 19.1 Å². The summed E-state index contributed by atoms with van der Waals surface area (Å²) in [4.78, 5) is 55.6. The van der Waals surface area contributed by atoms with Crippen molar-refractivity contribution in [2.45, 2.75) is 68.7 Å². The Balaban J connectivity index is 1.41. The second kappa shape index (κ2) is 13.7. The fourth-order valence-corrected chi connectivity index (χ4v) is 6.22. The molecule has 5 rings (SSSR count). The summed E-state index contributed by atoms with van der Waals surface area (Å²) < 4.78 is 25.8. The Morgan fingerprint density at radius 3 is 2.66 bits per heavy atom. The van der Waals surface area contributed by atoms with Crippen molar-refractivity contribution < 1.29 is 38.1 Å². The number of rotatable bonds is 5. The molecule has 3 aliphatic heterocycles. The van der Waals surface area contributed by atoms with Crippen LogP contribution in [0.2, 0.25) is 0 Å². The molecule has 12 heteroatoms. The summed E-state index contributed by atoms with van der Waals surface area (Å²) in [5.41, 5.74) is 0.292. The van der Waals surface area contributed by atoms with Gasteiger partial charge in [0.25, 0.3) is 5.91 Å². The lowest BCUT2D eigenvalue weighted by Gasteiger charge is -2.38. The summed E-state index contributed by atoms with van der Waals surface area (Å²) in [6.07, 6.45) is 0.781. The van der Waals surface area contributed by atoms with Gasteiger partial charge in [0.15, 0.2) is 0 Å². The van der Waals surface area contributed by atoms with Gasteiger partial charge in [0.2, 0.25) is 17.7 Å². The molecule has 0 aliphatic carbocycles. The average Bonchev–Trinajstić information content (AvgIpc) is 3.49. The monoisotopic (exact) mass is 610 g/mol. The Morgan fingerprint density at radius 1 is 1.14 bits per heavy atom. The van der Waals surface area contributed by atoms with Crippen LogP contribution in [0.4, 0.5) is 4.39 Å². The minimum absolute atomic E-state index is 0.117. The molecule has 2 aromatic rings. The normalized spacial score (nSPS) is 24.9. The number of hydrogen-bond donors (Lipinski definition) is 4. The number of aliphatic hydroxyl groups is 1. The topological polar surface area (TPSA) is 146 Å². The van der Waals surface area contributed by atoms with Gasteiger partial charge in [0.05, 0.1) is 24.1 Å². The Morgan fingerprint density at radius 2 is 1.91 bits per heavy atom. The van der Waals surface area contributed by atoms with Gasteiger partial charge in [-0.2, -0.15) is 0 Å². The van der Waals surface area contributed by atoms with Crippen molar-refractivity contribution in [3.8, 4) is 5.75 Å². The summed E-state index contributed by atoms with van der Waals surface area (Å²) >= 11 is 0. The predicted octanol–water partition coefficient (Wildman–Crippen LogP) is 1.43. The lowest BCUT2D eigenvalue weighted by molar-refractivity contribution is -0.140. The third-order valence-electron chi connectivity index (χ3n) is 8.79. The number of amides is 4. The highest BCUT2D eigenvalue weighted by molar-refractivity contribution is 6.01. The van der Waals surface area contributed by atoms with E-state index in [1.54, 1.807) is 35.2 Å². The van der Waals surface area contributed by atoms with E-state index in [0.717, 1.165) is 12.0 Å². The number of carbonyl (C=O) groups is 4. The van der Waals surface area contributed by atoms with Crippen molar-refractivity contribution in [3.63, 3.8) is 0 Å². The molecule has 4 atom stereocenters. The molecule has 2 fully saturated rings. The zero-order valence-electron chi connectivity index (χ0n) is 24.7. The number of ether oxygens (including phenoxy) is 2. The maximum Gasteiger partial charge on any atom is 0.255 e. The first-order chi connectivity index (χ1) is 21.2. The second-order valence-corrected chi connectivity index (χ2v) is 11.8. The Hall–Kier alpha value is -4.03. The number of hydrogen-bond acceptors (Lipinski definition) is 7. The molecule has 236 valence electrons. The van der Waals surface area contributed by atoms with Gasteiger partial charge >= 0.3 is 0 Å². The van der Waals surface area contributed by atoms with Crippen molar-refractivity contribution in [1.29, 1.82) is 0 Å². The van der Waals surface area contributed by atoms with Crippen molar-refractivity contribution in [3.05, 3.63) is 65.5 Å². The molecule has 0 aromatic heterocycles. The van der Waals surface area contributed by atoms with Crippen LogP contribution in [0, 0.1) is 5.82 Å². The number of nitrogens with zero attached hydrogens (tertiary/aromatic N) is 1. The average molecular weight is 611 g/mol. The van der Waals surface area contributed by atoms with Crippen molar-refractivity contribution in [1.82, 2.24) is 20.9 Å². The molecular formula is C32H39FN4O7. The number of benzene rings is 2. The van der Waals surface area contributed by atoms with Gasteiger partial charge in [-0.25, -0.2) is 4.39 Å². The Bertz CT molecular complexity index is 1380. The van der Waals surface area contributed by atoms with Gasteiger partial charge in [0, 0.05) is 31.7 Å². The standard InChI is InChI=1S/C32H39FN4O7/c1-20(38)28-31(42)37-13-5-8-23(37)18-44-26-10-3-2-9-24(26)29(40)35-25(17-27(39)36-28)30(41)34-19-32(11-14-43-15-12-32)21-6-4-7-22(33)16-21/h2-4,6-7,9-10,16,20,23,25,28,38H,5,8,11-15,17-19H2,1H3,(H,34,41)(H,35,40)(H,36,39)/t20-,23-,25+,28+/m1/s1. The third-order valence-corrected chi connectivity index (χ3v) is 8.79. The molecule has 0 spiro atoms. The molecule has 11 nitrogen and oxygen atoms in total. The summed E-state index contributed by atoms with van der Waals surface area (Å²) in [7, 11) is 0. The second-order valence-electron chi connectivity index (χ2n) is 11.8. The smallest absolute Gasteiger partial charge is 0.255 e. The van der Waals surface area contributed by atoms with Crippen LogP contribution in [0.25, 0.3) is 0 Å². The first kappa shape index (κ1) is 31.4. The number of carbonyl (C=O) groups excluding carboxylic acids is 4. The van der Waals surface area contributed by atoms with Gasteiger partial charge in [-0.15, -0.1) is 0 Å². The zero-order valence-corrected chi connectivity index (χ0v) is 24.7. The third kappa shape index (κ3) is 7.02. The quantitative estimate of drug-likeness (QED) is 0.401. The van der Waals surface area contributed by atoms with Crippen molar-refractivity contribution in [2.24, 2.45) is 0 Å². The minimum atomic E-state index is -1.33. The van der Waals surface area contributed by atoms with Crippen LogP contribution in [0.3, 0.4) is 0 Å². The molecular weight excluding hydrogens is 571 g/mol. The highest BCUT2D eigenvalue weighted by Gasteiger charge is 2.39. The van der Waals surface area contributed by atoms with Crippen LogP contribution in [0.5, 0.6) is 5.75 Å². The van der Waals surface area contributed by atoms with Gasteiger partial charge in [-0.1, -0.05) is 24.3 Å². The molecule has 0 unspecified atom stereocenters. The van der Waals surface area contributed by atoms with Crippen LogP contribution < -0.4 is 20.7 Å². The predicted molar refractivity (Wildman–Crippen MR) is 157 cm³/mol. The minimum Gasteiger partial charge on any atom is -0.491 e. The molecule has 4 amide bonds. The Labute approximate surface area is 255 Å². The lowest BCUT2D eigenvalue weighted by Crippen LogP contribution is -2.57. The number of aliphatic hydroxyl groups excluding tert-OH is 1. The van der Waals surface area contributed by atoms with Crippen LogP contribution in [-0.2, 0) is 24.5 Å². The first-order valence-corrected chi connectivity index (χ1v) is 15.1. The van der Waals surface area contributed by atoms with Crippen LogP contribution in [0.15, 0.2) is 48.5 Å². The highest BCUT2D eigenvalue weighted by Crippen LogP contribution is 2.34. The zero-order chi connectivity index (χ0) is 31.3. The van der Waals surface area contributed by atoms with Crippen LogP contribution >= 0.6 is 0 Å². The van der Waals surface area contributed by atoms with E-state index >= 15 is 0 Å². The maximum atomic E-state index is 14.2. The lowest BCUT2D eigenvalue weighted by atomic mass is 9.74. The summed E-state index contributed by atoms with van der Waals surface area (Å²) in [5.74, 6) is -2.47. The summed E-state index contributed by atoms with van der Waals surface area (Å²) in [6, 6.07) is 9.95.